The Morgan fingerprint density at radius 1 is 0.739 bits per heavy atom. The highest BCUT2D eigenvalue weighted by atomic mass is 32.2. The Morgan fingerprint density at radius 3 is 1.74 bits per heavy atom. The van der Waals surface area contributed by atoms with E-state index in [1.54, 1.807) is 0 Å². The van der Waals surface area contributed by atoms with Crippen LogP contribution in [0.5, 0.6) is 0 Å². The van der Waals surface area contributed by atoms with E-state index in [0.717, 1.165) is 12.1 Å². The summed E-state index contributed by atoms with van der Waals surface area (Å²) in [5, 5.41) is -1.02. The van der Waals surface area contributed by atoms with Crippen molar-refractivity contribution in [3.8, 4) is 0 Å². The molecule has 0 aliphatic heterocycles. The van der Waals surface area contributed by atoms with Crippen molar-refractivity contribution in [2.45, 2.75) is 14.7 Å². The van der Waals surface area contributed by atoms with Crippen LogP contribution >= 0.6 is 0 Å². The Morgan fingerprint density at radius 2 is 1.30 bits per heavy atom. The van der Waals surface area contributed by atoms with Crippen LogP contribution < -0.4 is 5.73 Å². The first-order valence-electron chi connectivity index (χ1n) is 5.51. The third-order valence-electron chi connectivity index (χ3n) is 2.88. The van der Waals surface area contributed by atoms with Crippen LogP contribution in [0.15, 0.2) is 39.0 Å². The molecule has 0 aliphatic carbocycles. The SMILES string of the molecule is Nc1cc(S(=O)(=O)O)c2ccc(S(=O)(=O)O)cc2c1S(=O)(=O)O. The number of fused-ring (bicyclic) bond motifs is 1. The number of hydrogen-bond acceptors (Lipinski definition) is 7. The summed E-state index contributed by atoms with van der Waals surface area (Å²) >= 11 is 0. The number of rotatable bonds is 3. The molecule has 0 fully saturated rings. The smallest absolute Gasteiger partial charge is 0.297 e. The molecule has 0 bridgehead atoms. The topological polar surface area (TPSA) is 189 Å². The molecule has 0 radical (unpaired) electrons. The van der Waals surface area contributed by atoms with Gasteiger partial charge in [0, 0.05) is 10.8 Å². The van der Waals surface area contributed by atoms with E-state index in [9.17, 15) is 34.4 Å². The molecule has 23 heavy (non-hydrogen) atoms. The monoisotopic (exact) mass is 383 g/mol. The highest BCUT2D eigenvalue weighted by Gasteiger charge is 2.26. The zero-order valence-electron chi connectivity index (χ0n) is 10.9. The summed E-state index contributed by atoms with van der Waals surface area (Å²) < 4.78 is 95.3. The fourth-order valence-electron chi connectivity index (χ4n) is 2.03. The fraction of sp³-hybridized carbons (Fsp3) is 0. The largest absolute Gasteiger partial charge is 0.398 e. The van der Waals surface area contributed by atoms with Crippen molar-refractivity contribution < 1.29 is 38.9 Å². The second kappa shape index (κ2) is 5.12. The van der Waals surface area contributed by atoms with Gasteiger partial charge in [-0.3, -0.25) is 13.7 Å². The average molecular weight is 383 g/mol. The lowest BCUT2D eigenvalue weighted by atomic mass is 10.1. The van der Waals surface area contributed by atoms with Gasteiger partial charge in [0.1, 0.15) is 9.79 Å². The van der Waals surface area contributed by atoms with Crippen molar-refractivity contribution >= 4 is 46.8 Å². The Bertz CT molecular complexity index is 1130. The number of benzene rings is 2. The van der Waals surface area contributed by atoms with Gasteiger partial charge in [-0.25, -0.2) is 0 Å². The summed E-state index contributed by atoms with van der Waals surface area (Å²) in [6.07, 6.45) is 0. The molecular formula is C10H9NO9S3. The first-order chi connectivity index (χ1) is 10.2. The Labute approximate surface area is 130 Å². The van der Waals surface area contributed by atoms with Crippen LogP contribution in [0.1, 0.15) is 0 Å². The normalized spacial score (nSPS) is 13.3. The van der Waals surface area contributed by atoms with E-state index in [4.69, 9.17) is 10.3 Å². The molecule has 0 amide bonds. The number of hydrogen-bond donors (Lipinski definition) is 4. The van der Waals surface area contributed by atoms with E-state index < -0.39 is 61.5 Å². The van der Waals surface area contributed by atoms with Crippen LogP contribution in [0.4, 0.5) is 5.69 Å². The van der Waals surface area contributed by atoms with Crippen molar-refractivity contribution in [3.05, 3.63) is 24.3 Å². The number of nitrogens with two attached hydrogens (primary N) is 1. The van der Waals surface area contributed by atoms with Gasteiger partial charge >= 0.3 is 0 Å². The zero-order valence-corrected chi connectivity index (χ0v) is 13.4. The summed E-state index contributed by atoms with van der Waals surface area (Å²) in [5.41, 5.74) is 4.67. The van der Waals surface area contributed by atoms with E-state index in [2.05, 4.69) is 0 Å². The maximum atomic E-state index is 11.4. The molecule has 2 rings (SSSR count). The minimum atomic E-state index is -4.96. The molecule has 126 valence electrons. The van der Waals surface area contributed by atoms with Gasteiger partial charge in [0.25, 0.3) is 30.4 Å². The Kier molecular flexibility index (Phi) is 3.91. The molecule has 0 atom stereocenters. The van der Waals surface area contributed by atoms with Gasteiger partial charge < -0.3 is 5.73 Å². The molecule has 2 aromatic rings. The zero-order chi connectivity index (χ0) is 17.8. The second-order valence-corrected chi connectivity index (χ2v) is 8.60. The van der Waals surface area contributed by atoms with Gasteiger partial charge in [0.05, 0.1) is 10.6 Å². The van der Waals surface area contributed by atoms with Gasteiger partial charge in [-0.05, 0) is 18.2 Å². The molecular weight excluding hydrogens is 374 g/mol. The first kappa shape index (κ1) is 17.6. The average Bonchev–Trinajstić information content (AvgIpc) is 2.32. The number of anilines is 1. The predicted molar refractivity (Wildman–Crippen MR) is 77.8 cm³/mol. The van der Waals surface area contributed by atoms with Gasteiger partial charge in [-0.1, -0.05) is 6.07 Å². The van der Waals surface area contributed by atoms with Gasteiger partial charge in [-0.15, -0.1) is 0 Å². The first-order valence-corrected chi connectivity index (χ1v) is 9.83. The molecule has 0 aliphatic rings. The summed E-state index contributed by atoms with van der Waals surface area (Å²) in [5.74, 6) is 0. The molecule has 0 saturated heterocycles. The summed E-state index contributed by atoms with van der Waals surface area (Å²) in [7, 11) is -14.5. The molecule has 0 heterocycles. The summed E-state index contributed by atoms with van der Waals surface area (Å²) in [6.45, 7) is 0. The molecule has 0 saturated carbocycles. The van der Waals surface area contributed by atoms with E-state index in [0.29, 0.717) is 12.1 Å². The van der Waals surface area contributed by atoms with Crippen molar-refractivity contribution in [1.29, 1.82) is 0 Å². The molecule has 0 aromatic heterocycles. The van der Waals surface area contributed by atoms with Crippen molar-refractivity contribution in [2.75, 3.05) is 5.73 Å². The lowest BCUT2D eigenvalue weighted by Crippen LogP contribution is -2.09. The lowest BCUT2D eigenvalue weighted by Gasteiger charge is -2.12. The van der Waals surface area contributed by atoms with Crippen LogP contribution in [0.3, 0.4) is 0 Å². The second-order valence-electron chi connectivity index (χ2n) is 4.43. The summed E-state index contributed by atoms with van der Waals surface area (Å²) in [4.78, 5) is -2.51. The highest BCUT2D eigenvalue weighted by Crippen LogP contribution is 2.35. The molecule has 0 unspecified atom stereocenters. The van der Waals surface area contributed by atoms with Gasteiger partial charge in [0.2, 0.25) is 0 Å². The number of nitrogen functional groups attached to an aromatic ring is 1. The van der Waals surface area contributed by atoms with Gasteiger partial charge in [0.15, 0.2) is 0 Å². The van der Waals surface area contributed by atoms with Crippen molar-refractivity contribution in [3.63, 3.8) is 0 Å². The lowest BCUT2D eigenvalue weighted by molar-refractivity contribution is 0.480. The molecule has 2 aromatic carbocycles. The van der Waals surface area contributed by atoms with Crippen molar-refractivity contribution in [2.24, 2.45) is 0 Å². The Balaban J connectivity index is 3.18. The van der Waals surface area contributed by atoms with Crippen LogP contribution in [0.25, 0.3) is 10.8 Å². The molecule has 10 nitrogen and oxygen atoms in total. The highest BCUT2D eigenvalue weighted by molar-refractivity contribution is 7.87. The molecule has 0 spiro atoms. The standard InChI is InChI=1S/C10H9NO9S3/c11-8-4-9(22(15,16)17)6-2-1-5(21(12,13)14)3-7(6)10(8)23(18,19)20/h1-4H,11H2,(H,12,13,14)(H,15,16,17)(H,18,19,20). The van der Waals surface area contributed by atoms with E-state index >= 15 is 0 Å². The minimum Gasteiger partial charge on any atom is -0.398 e. The quantitative estimate of drug-likeness (QED) is 0.419. The van der Waals surface area contributed by atoms with Crippen LogP contribution in [0.2, 0.25) is 0 Å². The third-order valence-corrected chi connectivity index (χ3v) is 5.60. The molecule has 13 heteroatoms. The summed E-state index contributed by atoms with van der Waals surface area (Å²) in [6, 6.07) is 2.85. The fourth-order valence-corrected chi connectivity index (χ4v) is 4.07. The van der Waals surface area contributed by atoms with Gasteiger partial charge in [-0.2, -0.15) is 25.3 Å². The van der Waals surface area contributed by atoms with E-state index in [1.807, 2.05) is 0 Å². The minimum absolute atomic E-state index is 0.415. The Hall–Kier alpha value is -1.77. The van der Waals surface area contributed by atoms with Crippen LogP contribution in [-0.4, -0.2) is 38.9 Å². The van der Waals surface area contributed by atoms with E-state index in [1.165, 1.54) is 0 Å². The predicted octanol–water partition coefficient (Wildman–Crippen LogP) is 0.162. The maximum Gasteiger partial charge on any atom is 0.297 e. The maximum absolute atomic E-state index is 11.4. The van der Waals surface area contributed by atoms with E-state index in [-0.39, 0.29) is 0 Å². The molecule has 5 N–H and O–H groups in total. The van der Waals surface area contributed by atoms with Crippen molar-refractivity contribution in [1.82, 2.24) is 0 Å². The third kappa shape index (κ3) is 3.29. The van der Waals surface area contributed by atoms with Crippen LogP contribution in [-0.2, 0) is 30.4 Å². The van der Waals surface area contributed by atoms with Crippen LogP contribution in [0, 0.1) is 0 Å².